The minimum Gasteiger partial charge on any atom is -0.456 e. The van der Waals surface area contributed by atoms with Crippen LogP contribution >= 0.6 is 0 Å². The van der Waals surface area contributed by atoms with Gasteiger partial charge in [0.05, 0.1) is 33.3 Å². The third-order valence-electron chi connectivity index (χ3n) is 10.5. The highest BCUT2D eigenvalue weighted by atomic mass is 16.3. The van der Waals surface area contributed by atoms with Crippen LogP contribution in [0.4, 0.5) is 17.1 Å². The number of nitrogens with zero attached hydrogens (tertiary/aromatic N) is 2. The molecule has 0 aliphatic carbocycles. The van der Waals surface area contributed by atoms with E-state index in [-0.39, 0.29) is 0 Å². The molecule has 3 heterocycles. The molecule has 0 radical (unpaired) electrons. The molecule has 51 heavy (non-hydrogen) atoms. The van der Waals surface area contributed by atoms with E-state index in [1.165, 1.54) is 54.8 Å². The van der Waals surface area contributed by atoms with E-state index in [2.05, 4.69) is 191 Å². The smallest absolute Gasteiger partial charge is 0.137 e. The average Bonchev–Trinajstić information content (AvgIpc) is 3.86. The maximum absolute atomic E-state index is 6.65. The molecular formula is C48H30N2O. The zero-order valence-corrected chi connectivity index (χ0v) is 27.6. The van der Waals surface area contributed by atoms with E-state index in [0.717, 1.165) is 44.6 Å². The highest BCUT2D eigenvalue weighted by molar-refractivity contribution is 6.27. The van der Waals surface area contributed by atoms with Crippen LogP contribution in [-0.2, 0) is 0 Å². The molecule has 3 heteroatoms. The Morgan fingerprint density at radius 3 is 1.76 bits per heavy atom. The average molecular weight is 651 g/mol. The third-order valence-corrected chi connectivity index (χ3v) is 10.5. The summed E-state index contributed by atoms with van der Waals surface area (Å²) >= 11 is 0. The van der Waals surface area contributed by atoms with Crippen LogP contribution in [-0.4, -0.2) is 4.40 Å². The van der Waals surface area contributed by atoms with Gasteiger partial charge in [0.1, 0.15) is 11.2 Å². The van der Waals surface area contributed by atoms with E-state index >= 15 is 0 Å². The van der Waals surface area contributed by atoms with Crippen molar-refractivity contribution in [2.24, 2.45) is 0 Å². The molecule has 0 aliphatic heterocycles. The molecule has 0 saturated heterocycles. The highest BCUT2D eigenvalue weighted by Gasteiger charge is 2.25. The third kappa shape index (κ3) is 4.12. The van der Waals surface area contributed by atoms with Gasteiger partial charge in [0, 0.05) is 32.6 Å². The van der Waals surface area contributed by atoms with Gasteiger partial charge >= 0.3 is 0 Å². The first-order valence-electron chi connectivity index (χ1n) is 17.4. The summed E-state index contributed by atoms with van der Waals surface area (Å²) in [6.07, 6.45) is 0. The summed E-state index contributed by atoms with van der Waals surface area (Å²) in [5.41, 5.74) is 13.4. The first-order valence-corrected chi connectivity index (χ1v) is 17.4. The zero-order chi connectivity index (χ0) is 33.5. The largest absolute Gasteiger partial charge is 0.456 e. The molecule has 238 valence electrons. The Bertz CT molecular complexity index is 3060. The van der Waals surface area contributed by atoms with Gasteiger partial charge in [0.2, 0.25) is 0 Å². The summed E-state index contributed by atoms with van der Waals surface area (Å²) in [4.78, 5) is 2.43. The SMILES string of the molecule is c1ccc(-c2ccc(N(c3cccc4oc5cc(-c6ccccc6)ccc5c34)c3cccc4c3c3cccc5c6ccccc6n4c53)cc2)cc1. The van der Waals surface area contributed by atoms with E-state index in [1.54, 1.807) is 0 Å². The van der Waals surface area contributed by atoms with E-state index in [4.69, 9.17) is 4.42 Å². The molecule has 0 saturated carbocycles. The van der Waals surface area contributed by atoms with Crippen molar-refractivity contribution >= 4 is 77.1 Å². The van der Waals surface area contributed by atoms with E-state index in [1.807, 2.05) is 0 Å². The molecular weight excluding hydrogens is 621 g/mol. The zero-order valence-electron chi connectivity index (χ0n) is 27.6. The second-order valence-electron chi connectivity index (χ2n) is 13.3. The minimum atomic E-state index is 0.866. The van der Waals surface area contributed by atoms with Crippen molar-refractivity contribution < 1.29 is 4.42 Å². The van der Waals surface area contributed by atoms with Crippen LogP contribution in [0.3, 0.4) is 0 Å². The van der Waals surface area contributed by atoms with Crippen LogP contribution < -0.4 is 4.90 Å². The summed E-state index contributed by atoms with van der Waals surface area (Å²) in [5, 5.41) is 7.23. The standard InChI is InChI=1S/C48H30N2O/c1-3-12-31(13-4-1)33-24-27-35(28-25-33)49(43-22-11-23-44-47(43)38-29-26-34(30-45(38)51-44)32-14-5-2-6-15-32)41-20-10-21-42-46(41)39-18-9-17-37-36-16-7-8-19-40(36)50(42)48(37)39/h1-30H. The number of fused-ring (bicyclic) bond motifs is 9. The van der Waals surface area contributed by atoms with E-state index < -0.39 is 0 Å². The number of para-hydroxylation sites is 2. The topological polar surface area (TPSA) is 20.8 Å². The number of rotatable bonds is 5. The maximum atomic E-state index is 6.65. The molecule has 0 aliphatic rings. The van der Waals surface area contributed by atoms with Gasteiger partial charge in [-0.15, -0.1) is 0 Å². The van der Waals surface area contributed by atoms with Gasteiger partial charge in [0.15, 0.2) is 0 Å². The molecule has 0 bridgehead atoms. The molecule has 3 nitrogen and oxygen atoms in total. The van der Waals surface area contributed by atoms with Crippen LogP contribution in [0, 0.1) is 0 Å². The quantitative estimate of drug-likeness (QED) is 0.185. The molecule has 8 aromatic carbocycles. The van der Waals surface area contributed by atoms with Crippen LogP contribution in [0.2, 0.25) is 0 Å². The summed E-state index contributed by atoms with van der Waals surface area (Å²) < 4.78 is 9.10. The molecule has 0 spiro atoms. The van der Waals surface area contributed by atoms with Crippen molar-refractivity contribution in [3.63, 3.8) is 0 Å². The number of furan rings is 1. The van der Waals surface area contributed by atoms with Crippen LogP contribution in [0.15, 0.2) is 186 Å². The Morgan fingerprint density at radius 2 is 0.961 bits per heavy atom. The Morgan fingerprint density at radius 1 is 0.373 bits per heavy atom. The fourth-order valence-corrected chi connectivity index (χ4v) is 8.29. The van der Waals surface area contributed by atoms with Crippen LogP contribution in [0.25, 0.3) is 82.3 Å². The number of hydrogen-bond acceptors (Lipinski definition) is 2. The lowest BCUT2D eigenvalue weighted by molar-refractivity contribution is 0.669. The van der Waals surface area contributed by atoms with Gasteiger partial charge in [-0.3, -0.25) is 0 Å². The second-order valence-corrected chi connectivity index (χ2v) is 13.3. The van der Waals surface area contributed by atoms with Gasteiger partial charge in [-0.2, -0.15) is 0 Å². The summed E-state index contributed by atoms with van der Waals surface area (Å²) in [6, 6.07) is 65.3. The van der Waals surface area contributed by atoms with Gasteiger partial charge in [-0.25, -0.2) is 0 Å². The van der Waals surface area contributed by atoms with Crippen molar-refractivity contribution in [1.82, 2.24) is 4.40 Å². The first kappa shape index (κ1) is 28.0. The normalized spacial score (nSPS) is 11.9. The lowest BCUT2D eigenvalue weighted by Gasteiger charge is -2.27. The number of anilines is 3. The van der Waals surface area contributed by atoms with Crippen molar-refractivity contribution in [3.05, 3.63) is 182 Å². The second kappa shape index (κ2) is 10.8. The van der Waals surface area contributed by atoms with Crippen LogP contribution in [0.1, 0.15) is 0 Å². The molecule has 3 aromatic heterocycles. The number of hydrogen-bond donors (Lipinski definition) is 0. The monoisotopic (exact) mass is 650 g/mol. The van der Waals surface area contributed by atoms with Crippen molar-refractivity contribution in [3.8, 4) is 22.3 Å². The van der Waals surface area contributed by atoms with Crippen molar-refractivity contribution in [1.29, 1.82) is 0 Å². The maximum Gasteiger partial charge on any atom is 0.137 e. The molecule has 0 atom stereocenters. The predicted molar refractivity (Wildman–Crippen MR) is 214 cm³/mol. The summed E-state index contributed by atoms with van der Waals surface area (Å²) in [7, 11) is 0. The lowest BCUT2D eigenvalue weighted by atomic mass is 10.0. The first-order chi connectivity index (χ1) is 25.3. The minimum absolute atomic E-state index is 0.866. The molecule has 0 unspecified atom stereocenters. The van der Waals surface area contributed by atoms with Crippen molar-refractivity contribution in [2.45, 2.75) is 0 Å². The molecule has 11 aromatic rings. The van der Waals surface area contributed by atoms with Gasteiger partial charge < -0.3 is 13.7 Å². The fraction of sp³-hybridized carbons (Fsp3) is 0. The van der Waals surface area contributed by atoms with Gasteiger partial charge in [0.25, 0.3) is 0 Å². The number of benzene rings is 8. The molecule has 0 amide bonds. The Labute approximate surface area is 294 Å². The van der Waals surface area contributed by atoms with Gasteiger partial charge in [-0.05, 0) is 76.9 Å². The van der Waals surface area contributed by atoms with Crippen molar-refractivity contribution in [2.75, 3.05) is 4.90 Å². The van der Waals surface area contributed by atoms with E-state index in [9.17, 15) is 0 Å². The predicted octanol–water partition coefficient (Wildman–Crippen LogP) is 13.5. The highest BCUT2D eigenvalue weighted by Crippen LogP contribution is 2.49. The Kier molecular flexibility index (Phi) is 5.96. The molecule has 0 fully saturated rings. The summed E-state index contributed by atoms with van der Waals surface area (Å²) in [6.45, 7) is 0. The molecule has 0 N–H and O–H groups in total. The Balaban J connectivity index is 1.20. The molecule has 11 rings (SSSR count). The fourth-order valence-electron chi connectivity index (χ4n) is 8.29. The van der Waals surface area contributed by atoms with Crippen LogP contribution in [0.5, 0.6) is 0 Å². The number of aromatic nitrogens is 1. The Hall–Kier alpha value is -6.84. The summed E-state index contributed by atoms with van der Waals surface area (Å²) in [5.74, 6) is 0. The van der Waals surface area contributed by atoms with E-state index in [0.29, 0.717) is 0 Å². The lowest BCUT2D eigenvalue weighted by Crippen LogP contribution is -2.10. The van der Waals surface area contributed by atoms with Gasteiger partial charge in [-0.1, -0.05) is 127 Å².